The van der Waals surface area contributed by atoms with Crippen LogP contribution in [-0.2, 0) is 10.2 Å². The summed E-state index contributed by atoms with van der Waals surface area (Å²) in [7, 11) is 0. The Balaban J connectivity index is 2.36. The zero-order valence-corrected chi connectivity index (χ0v) is 12.6. The third-order valence-electron chi connectivity index (χ3n) is 3.36. The van der Waals surface area contributed by atoms with E-state index in [9.17, 15) is 0 Å². The quantitative estimate of drug-likeness (QED) is 0.786. The lowest BCUT2D eigenvalue weighted by atomic mass is 9.91. The SMILES string of the molecule is CC1(C)CC(n2c(Cl)nnc2C(C)(C)C)CCO1. The van der Waals surface area contributed by atoms with E-state index in [1.54, 1.807) is 0 Å². The predicted molar refractivity (Wildman–Crippen MR) is 72.0 cm³/mol. The van der Waals surface area contributed by atoms with Crippen molar-refractivity contribution in [2.45, 2.75) is 64.5 Å². The van der Waals surface area contributed by atoms with Gasteiger partial charge in [0, 0.05) is 18.1 Å². The van der Waals surface area contributed by atoms with Gasteiger partial charge in [0.1, 0.15) is 5.82 Å². The van der Waals surface area contributed by atoms with Crippen molar-refractivity contribution in [3.05, 3.63) is 11.1 Å². The molecule has 102 valence electrons. The maximum atomic E-state index is 6.23. The molecule has 18 heavy (non-hydrogen) atoms. The Bertz CT molecular complexity index is 434. The fourth-order valence-electron chi connectivity index (χ4n) is 2.53. The summed E-state index contributed by atoms with van der Waals surface area (Å²) in [5.74, 6) is 0.954. The highest BCUT2D eigenvalue weighted by atomic mass is 35.5. The van der Waals surface area contributed by atoms with Gasteiger partial charge in [0.2, 0.25) is 5.28 Å². The van der Waals surface area contributed by atoms with Crippen LogP contribution < -0.4 is 0 Å². The lowest BCUT2D eigenvalue weighted by Crippen LogP contribution is -2.36. The Labute approximate surface area is 114 Å². The van der Waals surface area contributed by atoms with E-state index >= 15 is 0 Å². The number of hydrogen-bond acceptors (Lipinski definition) is 3. The van der Waals surface area contributed by atoms with Crippen LogP contribution in [0.5, 0.6) is 0 Å². The molecule has 1 fully saturated rings. The van der Waals surface area contributed by atoms with Crippen molar-refractivity contribution in [2.24, 2.45) is 0 Å². The molecule has 0 bridgehead atoms. The van der Waals surface area contributed by atoms with Crippen molar-refractivity contribution in [2.75, 3.05) is 6.61 Å². The van der Waals surface area contributed by atoms with Crippen molar-refractivity contribution in [3.8, 4) is 0 Å². The number of rotatable bonds is 1. The maximum Gasteiger partial charge on any atom is 0.225 e. The highest BCUT2D eigenvalue weighted by Crippen LogP contribution is 2.36. The van der Waals surface area contributed by atoms with Gasteiger partial charge in [0.15, 0.2) is 0 Å². The van der Waals surface area contributed by atoms with Gasteiger partial charge in [-0.05, 0) is 38.3 Å². The number of ether oxygens (including phenoxy) is 1. The molecule has 1 atom stereocenters. The summed E-state index contributed by atoms with van der Waals surface area (Å²) in [6.07, 6.45) is 1.90. The maximum absolute atomic E-state index is 6.23. The average molecular weight is 272 g/mol. The smallest absolute Gasteiger partial charge is 0.225 e. The molecule has 1 aliphatic heterocycles. The van der Waals surface area contributed by atoms with E-state index in [1.165, 1.54) is 0 Å². The first-order chi connectivity index (χ1) is 8.21. The molecular formula is C13H22ClN3O. The van der Waals surface area contributed by atoms with E-state index in [0.29, 0.717) is 11.3 Å². The first-order valence-corrected chi connectivity index (χ1v) is 6.83. The van der Waals surface area contributed by atoms with Crippen LogP contribution in [-0.4, -0.2) is 27.0 Å². The van der Waals surface area contributed by atoms with Crippen LogP contribution >= 0.6 is 11.6 Å². The van der Waals surface area contributed by atoms with Gasteiger partial charge < -0.3 is 4.74 Å². The topological polar surface area (TPSA) is 39.9 Å². The Morgan fingerprint density at radius 3 is 2.56 bits per heavy atom. The van der Waals surface area contributed by atoms with Gasteiger partial charge in [-0.2, -0.15) is 0 Å². The van der Waals surface area contributed by atoms with Gasteiger partial charge in [-0.15, -0.1) is 10.2 Å². The minimum absolute atomic E-state index is 0.0530. The first-order valence-electron chi connectivity index (χ1n) is 6.45. The van der Waals surface area contributed by atoms with E-state index in [1.807, 2.05) is 0 Å². The van der Waals surface area contributed by atoms with Crippen molar-refractivity contribution < 1.29 is 4.74 Å². The molecule has 0 aromatic carbocycles. The van der Waals surface area contributed by atoms with Gasteiger partial charge in [-0.1, -0.05) is 20.8 Å². The molecule has 4 nitrogen and oxygen atoms in total. The van der Waals surface area contributed by atoms with E-state index < -0.39 is 0 Å². The summed E-state index contributed by atoms with van der Waals surface area (Å²) in [6.45, 7) is 11.4. The predicted octanol–water partition coefficient (Wildman–Crippen LogP) is 3.36. The van der Waals surface area contributed by atoms with Crippen molar-refractivity contribution in [1.29, 1.82) is 0 Å². The fourth-order valence-corrected chi connectivity index (χ4v) is 2.78. The highest BCUT2D eigenvalue weighted by molar-refractivity contribution is 6.28. The zero-order chi connectivity index (χ0) is 13.6. The molecule has 1 unspecified atom stereocenters. The lowest BCUT2D eigenvalue weighted by Gasteiger charge is -2.37. The molecule has 0 spiro atoms. The molecule has 2 rings (SSSR count). The second kappa shape index (κ2) is 4.49. The molecule has 0 amide bonds. The van der Waals surface area contributed by atoms with E-state index in [0.717, 1.165) is 25.3 Å². The summed E-state index contributed by atoms with van der Waals surface area (Å²) < 4.78 is 7.85. The van der Waals surface area contributed by atoms with Gasteiger partial charge in [0.05, 0.1) is 5.60 Å². The number of hydrogen-bond donors (Lipinski definition) is 0. The summed E-state index contributed by atoms with van der Waals surface area (Å²) in [4.78, 5) is 0. The van der Waals surface area contributed by atoms with Gasteiger partial charge in [0.25, 0.3) is 0 Å². The second-order valence-electron chi connectivity index (χ2n) is 6.67. The number of nitrogens with zero attached hydrogens (tertiary/aromatic N) is 3. The molecule has 0 N–H and O–H groups in total. The van der Waals surface area contributed by atoms with Gasteiger partial charge >= 0.3 is 0 Å². The Kier molecular flexibility index (Phi) is 3.45. The molecule has 5 heteroatoms. The lowest BCUT2D eigenvalue weighted by molar-refractivity contribution is -0.0697. The normalized spacial score (nSPS) is 24.2. The Morgan fingerprint density at radius 1 is 1.33 bits per heavy atom. The largest absolute Gasteiger partial charge is 0.375 e. The summed E-state index contributed by atoms with van der Waals surface area (Å²) >= 11 is 6.23. The highest BCUT2D eigenvalue weighted by Gasteiger charge is 2.34. The van der Waals surface area contributed by atoms with Crippen molar-refractivity contribution >= 4 is 11.6 Å². The van der Waals surface area contributed by atoms with Crippen LogP contribution in [0.1, 0.15) is 59.3 Å². The zero-order valence-electron chi connectivity index (χ0n) is 11.8. The van der Waals surface area contributed by atoms with Crippen LogP contribution in [0.15, 0.2) is 0 Å². The van der Waals surface area contributed by atoms with Gasteiger partial charge in [-0.3, -0.25) is 4.57 Å². The number of halogens is 1. The molecule has 1 aromatic heterocycles. The van der Waals surface area contributed by atoms with Crippen LogP contribution in [0.4, 0.5) is 0 Å². The summed E-state index contributed by atoms with van der Waals surface area (Å²) in [6, 6.07) is 0.325. The molecule has 0 radical (unpaired) electrons. The third-order valence-corrected chi connectivity index (χ3v) is 3.62. The average Bonchev–Trinajstić information content (AvgIpc) is 2.58. The standard InChI is InChI=1S/C13H22ClN3O/c1-12(2,3)10-15-16-11(14)17(10)9-6-7-18-13(4,5)8-9/h9H,6-8H2,1-5H3. The van der Waals surface area contributed by atoms with Crippen LogP contribution in [0.3, 0.4) is 0 Å². The van der Waals surface area contributed by atoms with Crippen molar-refractivity contribution in [3.63, 3.8) is 0 Å². The minimum Gasteiger partial charge on any atom is -0.375 e. The van der Waals surface area contributed by atoms with E-state index in [-0.39, 0.29) is 11.0 Å². The summed E-state index contributed by atoms with van der Waals surface area (Å²) in [5.41, 5.74) is -0.158. The molecular weight excluding hydrogens is 250 g/mol. The Morgan fingerprint density at radius 2 is 2.00 bits per heavy atom. The monoisotopic (exact) mass is 271 g/mol. The minimum atomic E-state index is -0.105. The molecule has 1 aliphatic rings. The third kappa shape index (κ3) is 2.69. The first kappa shape index (κ1) is 13.8. The molecule has 0 aliphatic carbocycles. The van der Waals surface area contributed by atoms with Crippen molar-refractivity contribution in [1.82, 2.24) is 14.8 Å². The summed E-state index contributed by atoms with van der Waals surface area (Å²) in [5, 5.41) is 8.78. The van der Waals surface area contributed by atoms with E-state index in [4.69, 9.17) is 16.3 Å². The Hall–Kier alpha value is -0.610. The molecule has 1 aromatic rings. The van der Waals surface area contributed by atoms with Crippen LogP contribution in [0.2, 0.25) is 5.28 Å². The molecule has 1 saturated heterocycles. The van der Waals surface area contributed by atoms with Crippen LogP contribution in [0.25, 0.3) is 0 Å². The number of aromatic nitrogens is 3. The second-order valence-corrected chi connectivity index (χ2v) is 7.01. The van der Waals surface area contributed by atoms with E-state index in [2.05, 4.69) is 49.4 Å². The van der Waals surface area contributed by atoms with Crippen LogP contribution in [0, 0.1) is 0 Å². The van der Waals surface area contributed by atoms with Gasteiger partial charge in [-0.25, -0.2) is 0 Å². The fraction of sp³-hybridized carbons (Fsp3) is 0.846. The molecule has 0 saturated carbocycles. The molecule has 2 heterocycles.